The van der Waals surface area contributed by atoms with E-state index in [-0.39, 0.29) is 33.8 Å². The van der Waals surface area contributed by atoms with E-state index < -0.39 is 0 Å². The molecular formula is C22H26O4. The second-order valence-corrected chi connectivity index (χ2v) is 8.53. The van der Waals surface area contributed by atoms with Crippen molar-refractivity contribution < 1.29 is 20.4 Å². The average molecular weight is 354 g/mol. The lowest BCUT2D eigenvalue weighted by Gasteiger charge is -2.21. The molecule has 0 atom stereocenters. The zero-order valence-electron chi connectivity index (χ0n) is 16.1. The summed E-state index contributed by atoms with van der Waals surface area (Å²) in [5.41, 5.74) is 1.60. The van der Waals surface area contributed by atoms with E-state index in [0.29, 0.717) is 22.3 Å². The molecular weight excluding hydrogens is 328 g/mol. The molecule has 0 aliphatic carbocycles. The zero-order valence-corrected chi connectivity index (χ0v) is 16.1. The molecule has 0 heterocycles. The van der Waals surface area contributed by atoms with Gasteiger partial charge in [-0.2, -0.15) is 0 Å². The molecule has 2 aromatic carbocycles. The minimum atomic E-state index is -0.352. The first kappa shape index (κ1) is 19.5. The van der Waals surface area contributed by atoms with Crippen LogP contribution in [0.25, 0.3) is 0 Å². The maximum absolute atomic E-state index is 10.1. The molecule has 138 valence electrons. The van der Waals surface area contributed by atoms with E-state index in [9.17, 15) is 20.4 Å². The molecule has 2 rings (SSSR count). The van der Waals surface area contributed by atoms with Gasteiger partial charge in [0.15, 0.2) is 23.0 Å². The minimum absolute atomic E-state index is 0.139. The van der Waals surface area contributed by atoms with Crippen LogP contribution < -0.4 is 0 Å². The van der Waals surface area contributed by atoms with E-state index in [1.165, 1.54) is 12.1 Å². The highest BCUT2D eigenvalue weighted by Crippen LogP contribution is 2.39. The van der Waals surface area contributed by atoms with E-state index in [1.807, 2.05) is 41.5 Å². The van der Waals surface area contributed by atoms with Crippen LogP contribution in [-0.2, 0) is 10.8 Å². The van der Waals surface area contributed by atoms with Crippen molar-refractivity contribution in [1.82, 2.24) is 0 Å². The number of hydrogen-bond donors (Lipinski definition) is 4. The van der Waals surface area contributed by atoms with Crippen LogP contribution in [0.4, 0.5) is 0 Å². The van der Waals surface area contributed by atoms with E-state index in [1.54, 1.807) is 12.1 Å². The molecule has 4 nitrogen and oxygen atoms in total. The van der Waals surface area contributed by atoms with Crippen LogP contribution in [0, 0.1) is 11.8 Å². The summed E-state index contributed by atoms with van der Waals surface area (Å²) >= 11 is 0. The molecule has 0 amide bonds. The second-order valence-electron chi connectivity index (χ2n) is 8.53. The zero-order chi connectivity index (χ0) is 19.9. The highest BCUT2D eigenvalue weighted by Gasteiger charge is 2.22. The Morgan fingerprint density at radius 1 is 0.577 bits per heavy atom. The van der Waals surface area contributed by atoms with Crippen LogP contribution in [0.5, 0.6) is 23.0 Å². The van der Waals surface area contributed by atoms with E-state index in [4.69, 9.17) is 0 Å². The van der Waals surface area contributed by atoms with Gasteiger partial charge in [-0.25, -0.2) is 0 Å². The molecule has 0 fully saturated rings. The van der Waals surface area contributed by atoms with Crippen LogP contribution in [0.3, 0.4) is 0 Å². The highest BCUT2D eigenvalue weighted by molar-refractivity contribution is 5.58. The van der Waals surface area contributed by atoms with Crippen molar-refractivity contribution >= 4 is 0 Å². The lowest BCUT2D eigenvalue weighted by atomic mass is 9.84. The number of benzene rings is 2. The van der Waals surface area contributed by atoms with Crippen molar-refractivity contribution in [3.63, 3.8) is 0 Å². The summed E-state index contributed by atoms with van der Waals surface area (Å²) in [7, 11) is 0. The van der Waals surface area contributed by atoms with Crippen LogP contribution in [0.15, 0.2) is 24.3 Å². The van der Waals surface area contributed by atoms with E-state index >= 15 is 0 Å². The lowest BCUT2D eigenvalue weighted by Crippen LogP contribution is -2.11. The molecule has 0 aliphatic rings. The largest absolute Gasteiger partial charge is 0.504 e. The summed E-state index contributed by atoms with van der Waals surface area (Å²) in [5, 5.41) is 40.1. The van der Waals surface area contributed by atoms with Crippen molar-refractivity contribution in [2.75, 3.05) is 0 Å². The van der Waals surface area contributed by atoms with E-state index in [2.05, 4.69) is 11.8 Å². The van der Waals surface area contributed by atoms with Gasteiger partial charge in [0.25, 0.3) is 0 Å². The summed E-state index contributed by atoms with van der Waals surface area (Å²) in [6, 6.07) is 6.30. The second kappa shape index (κ2) is 6.49. The molecule has 2 aromatic rings. The quantitative estimate of drug-likeness (QED) is 0.415. The van der Waals surface area contributed by atoms with Crippen LogP contribution >= 0.6 is 0 Å². The minimum Gasteiger partial charge on any atom is -0.504 e. The third-order valence-electron chi connectivity index (χ3n) is 4.15. The molecule has 0 unspecified atom stereocenters. The average Bonchev–Trinajstić information content (AvgIpc) is 2.49. The third-order valence-corrected chi connectivity index (χ3v) is 4.15. The molecule has 0 aromatic heterocycles. The van der Waals surface area contributed by atoms with Gasteiger partial charge in [0.2, 0.25) is 0 Å². The van der Waals surface area contributed by atoms with Gasteiger partial charge in [-0.15, -0.1) is 0 Å². The normalized spacial score (nSPS) is 11.8. The van der Waals surface area contributed by atoms with Crippen molar-refractivity contribution in [2.45, 2.75) is 52.4 Å². The van der Waals surface area contributed by atoms with Crippen LogP contribution in [-0.4, -0.2) is 20.4 Å². The van der Waals surface area contributed by atoms with Gasteiger partial charge < -0.3 is 20.4 Å². The summed E-state index contributed by atoms with van der Waals surface area (Å²) in [6.45, 7) is 11.6. The lowest BCUT2D eigenvalue weighted by molar-refractivity contribution is 0.389. The van der Waals surface area contributed by atoms with Crippen LogP contribution in [0.2, 0.25) is 0 Å². The predicted molar refractivity (Wildman–Crippen MR) is 103 cm³/mol. The fourth-order valence-corrected chi connectivity index (χ4v) is 2.67. The standard InChI is InChI=1S/C22H26O4/c1-21(2,3)15-9-13(11-17(23)19(15)25)7-8-14-10-16(22(4,5)6)20(26)18(24)12-14/h9-12,23-26H,1-6H3. The van der Waals surface area contributed by atoms with Crippen molar-refractivity contribution in [1.29, 1.82) is 0 Å². The molecule has 0 radical (unpaired) electrons. The Balaban J connectivity index is 2.54. The smallest absolute Gasteiger partial charge is 0.161 e. The van der Waals surface area contributed by atoms with Gasteiger partial charge in [0.1, 0.15) is 0 Å². The predicted octanol–water partition coefficient (Wildman–Crippen LogP) is 4.50. The third kappa shape index (κ3) is 4.05. The fourth-order valence-electron chi connectivity index (χ4n) is 2.67. The first-order valence-corrected chi connectivity index (χ1v) is 8.45. The summed E-state index contributed by atoms with van der Waals surface area (Å²) in [5.74, 6) is 5.19. The molecule has 4 N–H and O–H groups in total. The van der Waals surface area contributed by atoms with Gasteiger partial charge in [-0.1, -0.05) is 53.4 Å². The number of rotatable bonds is 0. The Morgan fingerprint density at radius 2 is 0.885 bits per heavy atom. The van der Waals surface area contributed by atoms with E-state index in [0.717, 1.165) is 0 Å². The number of hydrogen-bond acceptors (Lipinski definition) is 4. The van der Waals surface area contributed by atoms with Gasteiger partial charge in [0.05, 0.1) is 0 Å². The topological polar surface area (TPSA) is 80.9 Å². The monoisotopic (exact) mass is 354 g/mol. The Labute approximate surface area is 154 Å². The molecule has 0 aliphatic heterocycles. The van der Waals surface area contributed by atoms with Crippen LogP contribution in [0.1, 0.15) is 63.8 Å². The molecule has 26 heavy (non-hydrogen) atoms. The van der Waals surface area contributed by atoms with Gasteiger partial charge in [-0.05, 0) is 35.1 Å². The van der Waals surface area contributed by atoms with Crippen molar-refractivity contribution in [3.8, 4) is 34.8 Å². The Morgan fingerprint density at radius 3 is 1.15 bits per heavy atom. The Kier molecular flexibility index (Phi) is 4.88. The molecule has 0 saturated carbocycles. The number of aromatic hydroxyl groups is 4. The van der Waals surface area contributed by atoms with Crippen molar-refractivity contribution in [2.24, 2.45) is 0 Å². The summed E-state index contributed by atoms with van der Waals surface area (Å²) in [6.07, 6.45) is 0. The van der Waals surface area contributed by atoms with Gasteiger partial charge >= 0.3 is 0 Å². The Bertz CT molecular complexity index is 827. The SMILES string of the molecule is CC(C)(C)c1cc(C#Cc2cc(O)c(O)c(C(C)(C)C)c2)cc(O)c1O. The number of phenolic OH excluding ortho intramolecular Hbond substituents is 4. The number of phenols is 4. The maximum Gasteiger partial charge on any atom is 0.161 e. The van der Waals surface area contributed by atoms with Crippen molar-refractivity contribution in [3.05, 3.63) is 46.5 Å². The first-order chi connectivity index (χ1) is 11.8. The molecule has 0 saturated heterocycles. The maximum atomic E-state index is 10.1. The summed E-state index contributed by atoms with van der Waals surface area (Å²) < 4.78 is 0. The van der Waals surface area contributed by atoms with Gasteiger partial charge in [-0.3, -0.25) is 0 Å². The highest BCUT2D eigenvalue weighted by atomic mass is 16.3. The fraction of sp³-hybridized carbons (Fsp3) is 0.364. The van der Waals surface area contributed by atoms with Gasteiger partial charge in [0, 0.05) is 22.3 Å². The summed E-state index contributed by atoms with van der Waals surface area (Å²) in [4.78, 5) is 0. The molecule has 0 spiro atoms. The Hall–Kier alpha value is -2.80. The molecule has 0 bridgehead atoms. The first-order valence-electron chi connectivity index (χ1n) is 8.45. The molecule has 4 heteroatoms.